The fourth-order valence-corrected chi connectivity index (χ4v) is 2.48. The molecule has 2 rings (SSSR count). The number of hydrogen-bond acceptors (Lipinski definition) is 2. The number of hydrogen-bond donors (Lipinski definition) is 1. The fourth-order valence-electron chi connectivity index (χ4n) is 2.48. The van der Waals surface area contributed by atoms with Gasteiger partial charge in [0.15, 0.2) is 0 Å². The number of carbonyl (C=O) groups is 1. The molecule has 2 unspecified atom stereocenters. The summed E-state index contributed by atoms with van der Waals surface area (Å²) < 4.78 is 14.0. The van der Waals surface area contributed by atoms with E-state index in [9.17, 15) is 9.18 Å². The lowest BCUT2D eigenvalue weighted by Gasteiger charge is -2.39. The number of rotatable bonds is 1. The first-order chi connectivity index (χ1) is 8.52. The first-order valence-corrected chi connectivity index (χ1v) is 6.31. The highest BCUT2D eigenvalue weighted by Crippen LogP contribution is 2.19. The Balaban J connectivity index is 2.32. The zero-order valence-corrected chi connectivity index (χ0v) is 11.0. The Bertz CT molecular complexity index is 451. The molecule has 0 saturated carbocycles. The van der Waals surface area contributed by atoms with Gasteiger partial charge in [-0.2, -0.15) is 0 Å². The van der Waals surface area contributed by atoms with Crippen molar-refractivity contribution in [3.8, 4) is 0 Å². The highest BCUT2D eigenvalue weighted by Gasteiger charge is 2.30. The summed E-state index contributed by atoms with van der Waals surface area (Å²) in [4.78, 5) is 14.2. The third-order valence-corrected chi connectivity index (χ3v) is 3.49. The summed E-state index contributed by atoms with van der Waals surface area (Å²) in [6.07, 6.45) is 0. The van der Waals surface area contributed by atoms with Gasteiger partial charge in [0.25, 0.3) is 5.91 Å². The summed E-state index contributed by atoms with van der Waals surface area (Å²) in [5.74, 6) is -0.613. The van der Waals surface area contributed by atoms with Gasteiger partial charge in [0.1, 0.15) is 5.82 Å². The maximum atomic E-state index is 14.0. The van der Waals surface area contributed by atoms with Crippen molar-refractivity contribution in [2.45, 2.75) is 32.9 Å². The summed E-state index contributed by atoms with van der Waals surface area (Å²) in [5.41, 5.74) is 0.687. The summed E-state index contributed by atoms with van der Waals surface area (Å²) in [6.45, 7) is 7.15. The maximum Gasteiger partial charge on any atom is 0.257 e. The molecule has 0 spiro atoms. The van der Waals surface area contributed by atoms with Crippen LogP contribution >= 0.6 is 0 Å². The molecule has 1 aliphatic rings. The van der Waals surface area contributed by atoms with Crippen molar-refractivity contribution in [2.24, 2.45) is 0 Å². The van der Waals surface area contributed by atoms with Crippen LogP contribution < -0.4 is 5.32 Å². The molecule has 98 valence electrons. The van der Waals surface area contributed by atoms with Gasteiger partial charge in [0.2, 0.25) is 0 Å². The Morgan fingerprint density at radius 3 is 2.56 bits per heavy atom. The maximum absolute atomic E-state index is 14.0. The Labute approximate surface area is 107 Å². The second kappa shape index (κ2) is 5.06. The number of carbonyl (C=O) groups excluding carboxylic acids is 1. The second-order valence-corrected chi connectivity index (χ2v) is 5.01. The lowest BCUT2D eigenvalue weighted by molar-refractivity contribution is 0.0539. The lowest BCUT2D eigenvalue weighted by atomic mass is 10.0. The number of piperazine rings is 1. The number of benzene rings is 1. The normalized spacial score (nSPS) is 24.1. The minimum atomic E-state index is -0.402. The van der Waals surface area contributed by atoms with Crippen LogP contribution in [-0.4, -0.2) is 36.0 Å². The number of amides is 1. The molecule has 0 aromatic heterocycles. The molecule has 3 nitrogen and oxygen atoms in total. The molecule has 1 saturated heterocycles. The van der Waals surface area contributed by atoms with Crippen LogP contribution in [0.25, 0.3) is 0 Å². The van der Waals surface area contributed by atoms with Crippen LogP contribution in [0, 0.1) is 12.7 Å². The zero-order valence-electron chi connectivity index (χ0n) is 11.0. The van der Waals surface area contributed by atoms with Gasteiger partial charge in [0.05, 0.1) is 5.56 Å². The van der Waals surface area contributed by atoms with Gasteiger partial charge >= 0.3 is 0 Å². The molecule has 1 fully saturated rings. The fraction of sp³-hybridized carbons (Fsp3) is 0.500. The van der Waals surface area contributed by atoms with E-state index in [4.69, 9.17) is 0 Å². The Hall–Kier alpha value is -1.42. The van der Waals surface area contributed by atoms with Crippen LogP contribution in [0.1, 0.15) is 29.8 Å². The summed E-state index contributed by atoms with van der Waals surface area (Å²) in [6, 6.07) is 5.13. The number of aryl methyl sites for hydroxylation is 1. The van der Waals surface area contributed by atoms with E-state index in [2.05, 4.69) is 5.32 Å². The van der Waals surface area contributed by atoms with Gasteiger partial charge in [-0.3, -0.25) is 4.79 Å². The monoisotopic (exact) mass is 250 g/mol. The summed E-state index contributed by atoms with van der Waals surface area (Å²) in [7, 11) is 0. The first-order valence-electron chi connectivity index (χ1n) is 6.31. The molecular weight excluding hydrogens is 231 g/mol. The molecule has 1 heterocycles. The van der Waals surface area contributed by atoms with E-state index in [0.29, 0.717) is 5.56 Å². The molecule has 4 heteroatoms. The van der Waals surface area contributed by atoms with E-state index in [1.807, 2.05) is 13.8 Å². The van der Waals surface area contributed by atoms with Crippen LogP contribution in [0.15, 0.2) is 18.2 Å². The summed E-state index contributed by atoms with van der Waals surface area (Å²) >= 11 is 0. The average Bonchev–Trinajstić information content (AvgIpc) is 2.32. The molecule has 0 bridgehead atoms. The minimum absolute atomic E-state index is 0.0844. The average molecular weight is 250 g/mol. The Morgan fingerprint density at radius 2 is 1.94 bits per heavy atom. The molecule has 1 amide bonds. The largest absolute Gasteiger partial charge is 0.331 e. The van der Waals surface area contributed by atoms with E-state index in [1.54, 1.807) is 30.0 Å². The van der Waals surface area contributed by atoms with Gasteiger partial charge in [-0.25, -0.2) is 4.39 Å². The van der Waals surface area contributed by atoms with Crippen molar-refractivity contribution >= 4 is 5.91 Å². The van der Waals surface area contributed by atoms with Gasteiger partial charge < -0.3 is 10.2 Å². The van der Waals surface area contributed by atoms with Crippen LogP contribution in [0.3, 0.4) is 0 Å². The molecule has 1 aromatic rings. The second-order valence-electron chi connectivity index (χ2n) is 5.01. The smallest absolute Gasteiger partial charge is 0.257 e. The number of nitrogens with zero attached hydrogens (tertiary/aromatic N) is 1. The first kappa shape index (κ1) is 13.0. The van der Waals surface area contributed by atoms with Crippen molar-refractivity contribution in [3.63, 3.8) is 0 Å². The van der Waals surface area contributed by atoms with E-state index < -0.39 is 5.82 Å². The van der Waals surface area contributed by atoms with Gasteiger partial charge in [0, 0.05) is 25.2 Å². The summed E-state index contributed by atoms with van der Waals surface area (Å²) in [5, 5.41) is 3.26. The molecule has 0 radical (unpaired) electrons. The molecule has 1 aliphatic heterocycles. The molecule has 1 N–H and O–H groups in total. The van der Waals surface area contributed by atoms with E-state index in [1.165, 1.54) is 0 Å². The Kier molecular flexibility index (Phi) is 3.66. The van der Waals surface area contributed by atoms with Crippen LogP contribution in [-0.2, 0) is 0 Å². The minimum Gasteiger partial charge on any atom is -0.331 e. The SMILES string of the molecule is Cc1cccc(C(=O)N2C(C)CNCC2C)c1F. The Morgan fingerprint density at radius 1 is 1.33 bits per heavy atom. The number of nitrogens with one attached hydrogen (secondary N) is 1. The molecule has 0 aliphatic carbocycles. The van der Waals surface area contributed by atoms with Crippen molar-refractivity contribution in [2.75, 3.05) is 13.1 Å². The lowest BCUT2D eigenvalue weighted by Crippen LogP contribution is -2.57. The van der Waals surface area contributed by atoms with Crippen molar-refractivity contribution in [1.82, 2.24) is 10.2 Å². The predicted octanol–water partition coefficient (Wildman–Crippen LogP) is 1.96. The highest BCUT2D eigenvalue weighted by molar-refractivity contribution is 5.95. The van der Waals surface area contributed by atoms with E-state index >= 15 is 0 Å². The van der Waals surface area contributed by atoms with Gasteiger partial charge in [-0.05, 0) is 32.4 Å². The van der Waals surface area contributed by atoms with Crippen molar-refractivity contribution < 1.29 is 9.18 Å². The predicted molar refractivity (Wildman–Crippen MR) is 69.1 cm³/mol. The molecule has 1 aromatic carbocycles. The molecular formula is C14H19FN2O. The zero-order chi connectivity index (χ0) is 13.3. The highest BCUT2D eigenvalue weighted by atomic mass is 19.1. The van der Waals surface area contributed by atoms with Gasteiger partial charge in [-0.15, -0.1) is 0 Å². The third kappa shape index (κ3) is 2.25. The topological polar surface area (TPSA) is 32.3 Å². The quantitative estimate of drug-likeness (QED) is 0.826. The molecule has 18 heavy (non-hydrogen) atoms. The van der Waals surface area contributed by atoms with Crippen LogP contribution in [0.5, 0.6) is 0 Å². The van der Waals surface area contributed by atoms with E-state index in [-0.39, 0.29) is 23.6 Å². The van der Waals surface area contributed by atoms with Crippen LogP contribution in [0.4, 0.5) is 4.39 Å². The van der Waals surface area contributed by atoms with Crippen LogP contribution in [0.2, 0.25) is 0 Å². The van der Waals surface area contributed by atoms with Crippen molar-refractivity contribution in [3.05, 3.63) is 35.1 Å². The molecule has 2 atom stereocenters. The van der Waals surface area contributed by atoms with E-state index in [0.717, 1.165) is 13.1 Å². The van der Waals surface area contributed by atoms with Crippen molar-refractivity contribution in [1.29, 1.82) is 0 Å². The number of halogens is 1. The third-order valence-electron chi connectivity index (χ3n) is 3.49. The standard InChI is InChI=1S/C14H19FN2O/c1-9-5-4-6-12(13(9)15)14(18)17-10(2)7-16-8-11(17)3/h4-6,10-11,16H,7-8H2,1-3H3. The van der Waals surface area contributed by atoms with Gasteiger partial charge in [-0.1, -0.05) is 12.1 Å².